The number of pyridine rings is 1. The Bertz CT molecular complexity index is 2980. The Morgan fingerprint density at radius 3 is 1.87 bits per heavy atom. The van der Waals surface area contributed by atoms with Crippen LogP contribution in [0.2, 0.25) is 0 Å². The quantitative estimate of drug-likeness (QED) is 0.173. The predicted molar refractivity (Wildman–Crippen MR) is 226 cm³/mol. The molecule has 0 saturated carbocycles. The third-order valence-corrected chi connectivity index (χ3v) is 11.4. The number of hydrogen-bond donors (Lipinski definition) is 0. The average Bonchev–Trinajstić information content (AvgIpc) is 3.79. The van der Waals surface area contributed by atoms with Crippen molar-refractivity contribution in [3.63, 3.8) is 0 Å². The van der Waals surface area contributed by atoms with Crippen LogP contribution in [0.25, 0.3) is 55.0 Å². The number of rotatable bonds is 6. The molecule has 3 heteroatoms. The van der Waals surface area contributed by atoms with E-state index < -0.39 is 5.41 Å². The smallest absolute Gasteiger partial charge is 0.143 e. The van der Waals surface area contributed by atoms with Gasteiger partial charge in [0.2, 0.25) is 0 Å². The van der Waals surface area contributed by atoms with Gasteiger partial charge < -0.3 is 4.42 Å². The minimum absolute atomic E-state index is 0.523. The molecule has 2 heterocycles. The number of furan rings is 1. The summed E-state index contributed by atoms with van der Waals surface area (Å²) in [6.45, 7) is 0. The molecule has 10 aromatic rings. The first-order valence-electron chi connectivity index (χ1n) is 18.8. The van der Waals surface area contributed by atoms with Crippen LogP contribution in [0.15, 0.2) is 211 Å². The summed E-state index contributed by atoms with van der Waals surface area (Å²) in [6.07, 6.45) is 1.98. The lowest BCUT2D eigenvalue weighted by molar-refractivity contribution is 0.672. The van der Waals surface area contributed by atoms with Gasteiger partial charge in [0.1, 0.15) is 17.0 Å². The predicted octanol–water partition coefficient (Wildman–Crippen LogP) is 13.6. The van der Waals surface area contributed by atoms with Crippen LogP contribution < -0.4 is 4.90 Å². The number of aromatic nitrogens is 1. The molecular weight excluding hydrogens is 669 g/mol. The van der Waals surface area contributed by atoms with Gasteiger partial charge in [0.15, 0.2) is 0 Å². The van der Waals surface area contributed by atoms with Crippen LogP contribution in [0.4, 0.5) is 17.2 Å². The van der Waals surface area contributed by atoms with Crippen molar-refractivity contribution in [2.45, 2.75) is 5.41 Å². The highest BCUT2D eigenvalue weighted by Gasteiger charge is 2.47. The third-order valence-electron chi connectivity index (χ3n) is 11.4. The molecule has 0 unspecified atom stereocenters. The Morgan fingerprint density at radius 1 is 0.473 bits per heavy atom. The monoisotopic (exact) mass is 702 g/mol. The van der Waals surface area contributed by atoms with E-state index in [1.807, 2.05) is 6.20 Å². The Balaban J connectivity index is 1.18. The molecule has 3 nitrogen and oxygen atoms in total. The van der Waals surface area contributed by atoms with Gasteiger partial charge in [0, 0.05) is 39.7 Å². The van der Waals surface area contributed by atoms with Gasteiger partial charge in [-0.2, -0.15) is 0 Å². The summed E-state index contributed by atoms with van der Waals surface area (Å²) in [5.74, 6) is 0.783. The van der Waals surface area contributed by atoms with Gasteiger partial charge >= 0.3 is 0 Å². The highest BCUT2D eigenvalue weighted by molar-refractivity contribution is 6.15. The lowest BCUT2D eigenvalue weighted by atomic mass is 9.68. The second-order valence-electron chi connectivity index (χ2n) is 14.3. The largest absolute Gasteiger partial charge is 0.455 e. The lowest BCUT2D eigenvalue weighted by Crippen LogP contribution is -2.28. The molecule has 0 fully saturated rings. The van der Waals surface area contributed by atoms with E-state index in [1.54, 1.807) is 0 Å². The number of fused-ring (bicyclic) bond motifs is 8. The summed E-state index contributed by atoms with van der Waals surface area (Å²) in [7, 11) is 0. The zero-order valence-corrected chi connectivity index (χ0v) is 29.9. The molecule has 11 rings (SSSR count). The number of hydrogen-bond acceptors (Lipinski definition) is 3. The van der Waals surface area contributed by atoms with E-state index in [2.05, 4.69) is 205 Å². The van der Waals surface area contributed by atoms with Crippen LogP contribution in [0.5, 0.6) is 0 Å². The summed E-state index contributed by atoms with van der Waals surface area (Å²) in [5, 5.41) is 4.32. The zero-order chi connectivity index (χ0) is 36.3. The van der Waals surface area contributed by atoms with Crippen LogP contribution in [-0.2, 0) is 5.41 Å². The van der Waals surface area contributed by atoms with Crippen LogP contribution in [0, 0.1) is 0 Å². The molecule has 0 saturated heterocycles. The van der Waals surface area contributed by atoms with Crippen molar-refractivity contribution in [3.8, 4) is 22.3 Å². The molecule has 0 bridgehead atoms. The van der Waals surface area contributed by atoms with Crippen LogP contribution in [-0.4, -0.2) is 4.98 Å². The van der Waals surface area contributed by atoms with Crippen LogP contribution in [0.3, 0.4) is 0 Å². The average molecular weight is 703 g/mol. The molecule has 0 N–H and O–H groups in total. The Morgan fingerprint density at radius 2 is 1.11 bits per heavy atom. The first-order chi connectivity index (χ1) is 27.3. The highest BCUT2D eigenvalue weighted by Crippen LogP contribution is 2.59. The minimum atomic E-state index is -0.523. The number of nitrogens with zero attached hydrogens (tertiary/aromatic N) is 2. The van der Waals surface area contributed by atoms with Crippen molar-refractivity contribution in [2.24, 2.45) is 0 Å². The Kier molecular flexibility index (Phi) is 7.08. The molecule has 0 radical (unpaired) electrons. The first-order valence-corrected chi connectivity index (χ1v) is 18.8. The van der Waals surface area contributed by atoms with Crippen LogP contribution in [0.1, 0.15) is 22.3 Å². The Labute approximate surface area is 319 Å². The maximum atomic E-state index is 6.74. The summed E-state index contributed by atoms with van der Waals surface area (Å²) >= 11 is 0. The fourth-order valence-corrected chi connectivity index (χ4v) is 9.00. The topological polar surface area (TPSA) is 29.3 Å². The van der Waals surface area contributed by atoms with Gasteiger partial charge in [-0.15, -0.1) is 0 Å². The van der Waals surface area contributed by atoms with E-state index in [9.17, 15) is 0 Å². The molecule has 1 aliphatic rings. The normalized spacial score (nSPS) is 12.9. The summed E-state index contributed by atoms with van der Waals surface area (Å²) in [6, 6.07) is 71.8. The minimum Gasteiger partial charge on any atom is -0.455 e. The molecular formula is C52H34N2O. The molecule has 8 aromatic carbocycles. The molecule has 0 atom stereocenters. The SMILES string of the molecule is c1ccc(-c2ccc(N(c3cc4oc5c6ccccc6ccc5c4cn3)c3cccc4c3-c3ccccc3C4(c3ccccc3)c3ccccc3)cc2)cc1. The van der Waals surface area contributed by atoms with Gasteiger partial charge in [0.05, 0.1) is 11.1 Å². The van der Waals surface area contributed by atoms with Crippen molar-refractivity contribution in [1.82, 2.24) is 4.98 Å². The molecule has 0 spiro atoms. The fourth-order valence-electron chi connectivity index (χ4n) is 9.00. The maximum Gasteiger partial charge on any atom is 0.143 e. The number of benzene rings is 8. The summed E-state index contributed by atoms with van der Waals surface area (Å²) < 4.78 is 6.74. The van der Waals surface area contributed by atoms with E-state index in [0.717, 1.165) is 55.5 Å². The molecule has 1 aliphatic carbocycles. The fraction of sp³-hybridized carbons (Fsp3) is 0.0192. The van der Waals surface area contributed by atoms with Crippen molar-refractivity contribution in [3.05, 3.63) is 229 Å². The molecule has 0 amide bonds. The number of anilines is 3. The zero-order valence-electron chi connectivity index (χ0n) is 29.9. The van der Waals surface area contributed by atoms with Crippen LogP contribution >= 0.6 is 0 Å². The first kappa shape index (κ1) is 31.3. The van der Waals surface area contributed by atoms with Gasteiger partial charge in [-0.25, -0.2) is 4.98 Å². The standard InChI is InChI=1S/C52H34N2O/c1-4-15-35(16-5-1)36-27-30-40(31-28-36)54(49-33-48-44(34-53-49)42-32-29-37-17-10-11-22-41(37)51(42)55-48)47-26-14-25-46-50(47)43-23-12-13-24-45(43)52(46,38-18-6-2-7-19-38)39-20-8-3-9-21-39/h1-34H. The van der Waals surface area contributed by atoms with E-state index in [0.29, 0.717) is 0 Å². The highest BCUT2D eigenvalue weighted by atomic mass is 16.3. The van der Waals surface area contributed by atoms with Crippen molar-refractivity contribution in [1.29, 1.82) is 0 Å². The lowest BCUT2D eigenvalue weighted by Gasteiger charge is -2.34. The molecule has 55 heavy (non-hydrogen) atoms. The maximum absolute atomic E-state index is 6.74. The third kappa shape index (κ3) is 4.73. The van der Waals surface area contributed by atoms with E-state index >= 15 is 0 Å². The molecule has 258 valence electrons. The van der Waals surface area contributed by atoms with Gasteiger partial charge in [-0.3, -0.25) is 4.90 Å². The van der Waals surface area contributed by atoms with E-state index in [4.69, 9.17) is 9.40 Å². The molecule has 0 aliphatic heterocycles. The molecule has 2 aromatic heterocycles. The second-order valence-corrected chi connectivity index (χ2v) is 14.3. The van der Waals surface area contributed by atoms with Gasteiger partial charge in [0.25, 0.3) is 0 Å². The van der Waals surface area contributed by atoms with Gasteiger partial charge in [-0.05, 0) is 68.6 Å². The van der Waals surface area contributed by atoms with Crippen molar-refractivity contribution < 1.29 is 4.42 Å². The van der Waals surface area contributed by atoms with E-state index in [-0.39, 0.29) is 0 Å². The Hall–Kier alpha value is -7.23. The van der Waals surface area contributed by atoms with Gasteiger partial charge in [-0.1, -0.05) is 170 Å². The van der Waals surface area contributed by atoms with E-state index in [1.165, 1.54) is 38.9 Å². The summed E-state index contributed by atoms with van der Waals surface area (Å²) in [5.41, 5.74) is 12.9. The second kappa shape index (κ2) is 12.4. The summed E-state index contributed by atoms with van der Waals surface area (Å²) in [4.78, 5) is 7.55. The van der Waals surface area contributed by atoms with Crippen molar-refractivity contribution >= 4 is 49.9 Å². The van der Waals surface area contributed by atoms with Crippen molar-refractivity contribution in [2.75, 3.05) is 4.90 Å².